The van der Waals surface area contributed by atoms with Gasteiger partial charge in [-0.05, 0) is 20.4 Å². The molecule has 1 heterocycles. The molecule has 0 atom stereocenters. The lowest BCUT2D eigenvalue weighted by atomic mass is 10.2. The van der Waals surface area contributed by atoms with E-state index in [0.717, 1.165) is 38.2 Å². The van der Waals surface area contributed by atoms with Crippen LogP contribution in [0, 0.1) is 0 Å². The second kappa shape index (κ2) is 5.15. The molecule has 1 aliphatic rings. The van der Waals surface area contributed by atoms with Crippen LogP contribution in [0.25, 0.3) is 0 Å². The number of carbonyl (C=O) groups is 1. The van der Waals surface area contributed by atoms with Crippen molar-refractivity contribution in [1.29, 1.82) is 0 Å². The van der Waals surface area contributed by atoms with E-state index in [-0.39, 0.29) is 5.91 Å². The molecule has 1 fully saturated rings. The van der Waals surface area contributed by atoms with E-state index in [2.05, 4.69) is 18.9 Å². The highest BCUT2D eigenvalue weighted by molar-refractivity contribution is 5.92. The summed E-state index contributed by atoms with van der Waals surface area (Å²) in [6.45, 7) is 7.68. The lowest BCUT2D eigenvalue weighted by molar-refractivity contribution is -0.128. The van der Waals surface area contributed by atoms with Crippen molar-refractivity contribution in [2.75, 3.05) is 33.2 Å². The predicted molar refractivity (Wildman–Crippen MR) is 58.1 cm³/mol. The number of rotatable bonds is 2. The third-order valence-electron chi connectivity index (χ3n) is 2.64. The van der Waals surface area contributed by atoms with E-state index >= 15 is 0 Å². The summed E-state index contributed by atoms with van der Waals surface area (Å²) in [5, 5.41) is 0. The fraction of sp³-hybridized carbons (Fsp3) is 0.727. The Balaban J connectivity index is 2.49. The average molecular weight is 196 g/mol. The Morgan fingerprint density at radius 2 is 1.86 bits per heavy atom. The molecular weight excluding hydrogens is 176 g/mol. The summed E-state index contributed by atoms with van der Waals surface area (Å²) in [6, 6.07) is 0. The predicted octanol–water partition coefficient (Wildman–Crippen LogP) is 1.12. The minimum atomic E-state index is 0.208. The molecule has 0 aliphatic carbocycles. The van der Waals surface area contributed by atoms with Crippen molar-refractivity contribution in [3.8, 4) is 0 Å². The second-order valence-electron chi connectivity index (χ2n) is 3.89. The number of allylic oxidation sites excluding steroid dienone is 1. The smallest absolute Gasteiger partial charge is 0.249 e. The average Bonchev–Trinajstić information content (AvgIpc) is 2.18. The molecule has 1 rings (SSSR count). The molecule has 0 aromatic rings. The third kappa shape index (κ3) is 2.84. The lowest BCUT2D eigenvalue weighted by Crippen LogP contribution is -2.47. The van der Waals surface area contributed by atoms with Crippen molar-refractivity contribution < 1.29 is 4.79 Å². The highest BCUT2D eigenvalue weighted by atomic mass is 16.2. The number of likely N-dealkylation sites (N-methyl/N-ethyl adjacent to an activating group) is 1. The molecule has 1 aliphatic heterocycles. The Bertz CT molecular complexity index is 227. The number of amides is 1. The molecule has 0 bridgehead atoms. The van der Waals surface area contributed by atoms with Gasteiger partial charge in [0.25, 0.3) is 0 Å². The molecule has 0 aromatic heterocycles. The largest absolute Gasteiger partial charge is 0.336 e. The fourth-order valence-electron chi connectivity index (χ4n) is 1.65. The van der Waals surface area contributed by atoms with Crippen LogP contribution < -0.4 is 0 Å². The molecule has 1 saturated heterocycles. The Morgan fingerprint density at radius 3 is 2.36 bits per heavy atom. The highest BCUT2D eigenvalue weighted by Crippen LogP contribution is 2.06. The molecule has 14 heavy (non-hydrogen) atoms. The van der Waals surface area contributed by atoms with E-state index in [4.69, 9.17) is 0 Å². The van der Waals surface area contributed by atoms with Crippen molar-refractivity contribution in [2.24, 2.45) is 0 Å². The van der Waals surface area contributed by atoms with Gasteiger partial charge in [0.2, 0.25) is 5.91 Å². The molecule has 0 unspecified atom stereocenters. The van der Waals surface area contributed by atoms with Crippen molar-refractivity contribution in [3.05, 3.63) is 11.6 Å². The summed E-state index contributed by atoms with van der Waals surface area (Å²) in [4.78, 5) is 16.0. The number of piperazine rings is 1. The van der Waals surface area contributed by atoms with Gasteiger partial charge < -0.3 is 9.80 Å². The van der Waals surface area contributed by atoms with Crippen LogP contribution in [0.2, 0.25) is 0 Å². The maximum Gasteiger partial charge on any atom is 0.249 e. The summed E-state index contributed by atoms with van der Waals surface area (Å²) < 4.78 is 0. The maximum atomic E-state index is 11.8. The normalized spacial score (nSPS) is 19.9. The molecule has 1 amide bonds. The van der Waals surface area contributed by atoms with Gasteiger partial charge in [-0.15, -0.1) is 0 Å². The van der Waals surface area contributed by atoms with Crippen molar-refractivity contribution >= 4 is 5.91 Å². The third-order valence-corrected chi connectivity index (χ3v) is 2.64. The van der Waals surface area contributed by atoms with E-state index in [1.165, 1.54) is 0 Å². The molecular formula is C11H20N2O. The van der Waals surface area contributed by atoms with Gasteiger partial charge in [-0.25, -0.2) is 0 Å². The van der Waals surface area contributed by atoms with E-state index in [1.54, 1.807) is 0 Å². The minimum Gasteiger partial charge on any atom is -0.336 e. The zero-order valence-corrected chi connectivity index (χ0v) is 9.42. The van der Waals surface area contributed by atoms with Gasteiger partial charge in [0.1, 0.15) is 0 Å². The molecule has 0 saturated carbocycles. The van der Waals surface area contributed by atoms with Crippen LogP contribution in [0.3, 0.4) is 0 Å². The molecule has 3 heteroatoms. The monoisotopic (exact) mass is 196 g/mol. The Labute approximate surface area is 86.4 Å². The summed E-state index contributed by atoms with van der Waals surface area (Å²) in [7, 11) is 2.09. The first-order valence-corrected chi connectivity index (χ1v) is 5.29. The molecule has 0 aromatic carbocycles. The molecule has 0 spiro atoms. The summed E-state index contributed by atoms with van der Waals surface area (Å²) in [5.41, 5.74) is 0.886. The van der Waals surface area contributed by atoms with E-state index in [0.29, 0.717) is 0 Å². The first kappa shape index (κ1) is 11.2. The van der Waals surface area contributed by atoms with Crippen LogP contribution in [0.1, 0.15) is 20.3 Å². The van der Waals surface area contributed by atoms with Crippen molar-refractivity contribution in [1.82, 2.24) is 9.80 Å². The van der Waals surface area contributed by atoms with Gasteiger partial charge in [0, 0.05) is 31.8 Å². The summed E-state index contributed by atoms with van der Waals surface area (Å²) in [6.07, 6.45) is 2.94. The van der Waals surface area contributed by atoms with Gasteiger partial charge in [-0.2, -0.15) is 0 Å². The van der Waals surface area contributed by atoms with Gasteiger partial charge in [-0.1, -0.05) is 13.0 Å². The Kier molecular flexibility index (Phi) is 4.14. The van der Waals surface area contributed by atoms with Crippen LogP contribution in [-0.4, -0.2) is 48.9 Å². The van der Waals surface area contributed by atoms with Gasteiger partial charge in [-0.3, -0.25) is 4.79 Å². The zero-order chi connectivity index (χ0) is 10.6. The van der Waals surface area contributed by atoms with Crippen LogP contribution in [0.4, 0.5) is 0 Å². The summed E-state index contributed by atoms with van der Waals surface area (Å²) >= 11 is 0. The zero-order valence-electron chi connectivity index (χ0n) is 9.42. The van der Waals surface area contributed by atoms with E-state index in [9.17, 15) is 4.79 Å². The molecule has 0 radical (unpaired) electrons. The highest BCUT2D eigenvalue weighted by Gasteiger charge is 2.19. The van der Waals surface area contributed by atoms with E-state index < -0.39 is 0 Å². The maximum absolute atomic E-state index is 11.8. The van der Waals surface area contributed by atoms with Crippen LogP contribution in [0.5, 0.6) is 0 Å². The number of carbonyl (C=O) groups excluding carboxylic acids is 1. The molecule has 80 valence electrons. The Morgan fingerprint density at radius 1 is 1.29 bits per heavy atom. The molecule has 0 N–H and O–H groups in total. The number of hydrogen-bond acceptors (Lipinski definition) is 2. The fourth-order valence-corrected chi connectivity index (χ4v) is 1.65. The standard InChI is InChI=1S/C11H20N2O/c1-4-5-10(2)11(14)13-8-6-12(3)7-9-13/h5H,4,6-9H2,1-3H3. The van der Waals surface area contributed by atoms with Gasteiger partial charge in [0.15, 0.2) is 0 Å². The second-order valence-corrected chi connectivity index (χ2v) is 3.89. The number of hydrogen-bond donors (Lipinski definition) is 0. The SMILES string of the molecule is CCC=C(C)C(=O)N1CCN(C)CC1. The topological polar surface area (TPSA) is 23.6 Å². The van der Waals surface area contributed by atoms with Crippen LogP contribution in [-0.2, 0) is 4.79 Å². The van der Waals surface area contributed by atoms with Crippen LogP contribution in [0.15, 0.2) is 11.6 Å². The quantitative estimate of drug-likeness (QED) is 0.618. The van der Waals surface area contributed by atoms with Crippen molar-refractivity contribution in [2.45, 2.75) is 20.3 Å². The van der Waals surface area contributed by atoms with Crippen LogP contribution >= 0.6 is 0 Å². The first-order chi connectivity index (χ1) is 6.65. The first-order valence-electron chi connectivity index (χ1n) is 5.29. The number of nitrogens with zero attached hydrogens (tertiary/aromatic N) is 2. The minimum absolute atomic E-state index is 0.208. The van der Waals surface area contributed by atoms with E-state index in [1.807, 2.05) is 17.9 Å². The Hall–Kier alpha value is -0.830. The van der Waals surface area contributed by atoms with Crippen molar-refractivity contribution in [3.63, 3.8) is 0 Å². The lowest BCUT2D eigenvalue weighted by Gasteiger charge is -2.32. The summed E-state index contributed by atoms with van der Waals surface area (Å²) in [5.74, 6) is 0.208. The van der Waals surface area contributed by atoms with Gasteiger partial charge >= 0.3 is 0 Å². The van der Waals surface area contributed by atoms with Gasteiger partial charge in [0.05, 0.1) is 0 Å². The molecule has 3 nitrogen and oxygen atoms in total.